The number of aromatic nitrogens is 1. The van der Waals surface area contributed by atoms with Crippen LogP contribution in [0, 0.1) is 5.41 Å². The fourth-order valence-electron chi connectivity index (χ4n) is 4.89. The first-order valence-electron chi connectivity index (χ1n) is 13.3. The minimum atomic E-state index is -2.15. The number of ether oxygens (including phenoxy) is 1. The highest BCUT2D eigenvalue weighted by Crippen LogP contribution is 2.31. The molecular formula is C33H29N5O4. The first kappa shape index (κ1) is 28.1. The van der Waals surface area contributed by atoms with Gasteiger partial charge in [-0.15, -0.1) is 0 Å². The number of pyridine rings is 1. The maximum atomic E-state index is 14.0. The van der Waals surface area contributed by atoms with Gasteiger partial charge in [-0.05, 0) is 53.1 Å². The van der Waals surface area contributed by atoms with Crippen molar-refractivity contribution in [2.45, 2.75) is 19.0 Å². The van der Waals surface area contributed by atoms with Crippen molar-refractivity contribution >= 4 is 45.2 Å². The third kappa shape index (κ3) is 5.21. The molecule has 5 aromatic rings. The van der Waals surface area contributed by atoms with Crippen LogP contribution in [-0.4, -0.2) is 35.1 Å². The van der Waals surface area contributed by atoms with Crippen LogP contribution in [0.25, 0.3) is 21.7 Å². The SMILES string of the molecule is CCOC(=O)C(N)(C(=O)c1cccc2cccnc12)c1ccc2c(C(=O)NCc3ccc(C(=N)N)cc3)cccc2c1. The molecule has 1 aromatic heterocycles. The number of carbonyl (C=O) groups excluding carboxylic acids is 3. The number of rotatable bonds is 9. The smallest absolute Gasteiger partial charge is 0.339 e. The first-order valence-corrected chi connectivity index (χ1v) is 13.3. The number of fused-ring (bicyclic) bond motifs is 2. The van der Waals surface area contributed by atoms with Gasteiger partial charge >= 0.3 is 5.97 Å². The number of nitrogens with two attached hydrogens (primary N) is 2. The van der Waals surface area contributed by atoms with Crippen LogP contribution in [0.3, 0.4) is 0 Å². The van der Waals surface area contributed by atoms with Crippen LogP contribution in [0.15, 0.2) is 97.2 Å². The third-order valence-electron chi connectivity index (χ3n) is 7.13. The zero-order valence-electron chi connectivity index (χ0n) is 22.9. The van der Waals surface area contributed by atoms with E-state index in [9.17, 15) is 14.4 Å². The number of hydrogen-bond acceptors (Lipinski definition) is 7. The minimum absolute atomic E-state index is 0.0272. The van der Waals surface area contributed by atoms with Crippen molar-refractivity contribution in [2.75, 3.05) is 6.61 Å². The lowest BCUT2D eigenvalue weighted by Crippen LogP contribution is -2.53. The second-order valence-electron chi connectivity index (χ2n) is 9.77. The summed E-state index contributed by atoms with van der Waals surface area (Å²) in [5, 5.41) is 12.4. The molecule has 0 bridgehead atoms. The van der Waals surface area contributed by atoms with Gasteiger partial charge in [0.1, 0.15) is 5.84 Å². The number of para-hydroxylation sites is 1. The molecule has 1 amide bonds. The van der Waals surface area contributed by atoms with Gasteiger partial charge in [0.25, 0.3) is 5.91 Å². The van der Waals surface area contributed by atoms with Gasteiger partial charge in [0.15, 0.2) is 0 Å². The molecule has 42 heavy (non-hydrogen) atoms. The van der Waals surface area contributed by atoms with Gasteiger partial charge in [0.2, 0.25) is 11.3 Å². The van der Waals surface area contributed by atoms with E-state index < -0.39 is 17.3 Å². The average Bonchev–Trinajstić information content (AvgIpc) is 3.02. The Hall–Kier alpha value is -5.41. The molecule has 9 heteroatoms. The van der Waals surface area contributed by atoms with Crippen molar-refractivity contribution in [2.24, 2.45) is 11.5 Å². The highest BCUT2D eigenvalue weighted by atomic mass is 16.5. The molecule has 1 atom stereocenters. The van der Waals surface area contributed by atoms with E-state index in [0.29, 0.717) is 27.4 Å². The van der Waals surface area contributed by atoms with Crippen LogP contribution in [-0.2, 0) is 21.6 Å². The average molecular weight is 560 g/mol. The Labute approximate surface area is 242 Å². The highest BCUT2D eigenvalue weighted by molar-refractivity contribution is 6.21. The summed E-state index contributed by atoms with van der Waals surface area (Å²) in [4.78, 5) is 44.9. The number of hydrogen-bond donors (Lipinski definition) is 4. The fraction of sp³-hybridized carbons (Fsp3) is 0.121. The highest BCUT2D eigenvalue weighted by Gasteiger charge is 2.46. The Morgan fingerprint density at radius 2 is 1.60 bits per heavy atom. The van der Waals surface area contributed by atoms with E-state index in [-0.39, 0.29) is 36.0 Å². The van der Waals surface area contributed by atoms with Gasteiger partial charge in [-0.1, -0.05) is 66.7 Å². The van der Waals surface area contributed by atoms with Crippen LogP contribution in [0.4, 0.5) is 0 Å². The number of amides is 1. The largest absolute Gasteiger partial charge is 0.464 e. The van der Waals surface area contributed by atoms with Crippen molar-refractivity contribution in [1.82, 2.24) is 10.3 Å². The summed E-state index contributed by atoms with van der Waals surface area (Å²) in [6.45, 7) is 1.95. The quantitative estimate of drug-likeness (QED) is 0.0692. The normalized spacial score (nSPS) is 12.4. The predicted molar refractivity (Wildman–Crippen MR) is 161 cm³/mol. The molecule has 0 fully saturated rings. The van der Waals surface area contributed by atoms with Crippen LogP contribution in [0.1, 0.15) is 44.3 Å². The molecule has 0 saturated carbocycles. The minimum Gasteiger partial charge on any atom is -0.464 e. The van der Waals surface area contributed by atoms with Crippen molar-refractivity contribution in [3.05, 3.63) is 125 Å². The van der Waals surface area contributed by atoms with Crippen LogP contribution >= 0.6 is 0 Å². The van der Waals surface area contributed by atoms with Gasteiger partial charge in [-0.2, -0.15) is 0 Å². The number of Topliss-reactive ketones (excluding diaryl/α,β-unsaturated/α-hetero) is 1. The molecule has 5 rings (SSSR count). The number of nitrogen functional groups attached to an aromatic ring is 1. The first-order chi connectivity index (χ1) is 20.2. The molecule has 1 unspecified atom stereocenters. The van der Waals surface area contributed by atoms with Crippen molar-refractivity contribution in [1.29, 1.82) is 5.41 Å². The van der Waals surface area contributed by atoms with Gasteiger partial charge in [0, 0.05) is 34.8 Å². The lowest BCUT2D eigenvalue weighted by Gasteiger charge is -2.27. The van der Waals surface area contributed by atoms with Gasteiger partial charge in [-0.3, -0.25) is 20.0 Å². The number of nitrogens with one attached hydrogen (secondary N) is 2. The monoisotopic (exact) mass is 559 g/mol. The van der Waals surface area contributed by atoms with E-state index in [1.54, 1.807) is 92.0 Å². The lowest BCUT2D eigenvalue weighted by molar-refractivity contribution is -0.147. The summed E-state index contributed by atoms with van der Waals surface area (Å²) in [7, 11) is 0. The van der Waals surface area contributed by atoms with E-state index in [1.807, 2.05) is 12.1 Å². The van der Waals surface area contributed by atoms with E-state index in [1.165, 1.54) is 0 Å². The Morgan fingerprint density at radius 1 is 0.905 bits per heavy atom. The topological polar surface area (TPSA) is 161 Å². The van der Waals surface area contributed by atoms with Crippen molar-refractivity contribution in [3.63, 3.8) is 0 Å². The predicted octanol–water partition coefficient (Wildman–Crippen LogP) is 4.20. The third-order valence-corrected chi connectivity index (χ3v) is 7.13. The van der Waals surface area contributed by atoms with E-state index in [0.717, 1.165) is 10.9 Å². The molecule has 9 nitrogen and oxygen atoms in total. The Balaban J connectivity index is 1.49. The molecule has 0 aliphatic heterocycles. The summed E-state index contributed by atoms with van der Waals surface area (Å²) in [5.74, 6) is -1.85. The number of ketones is 1. The maximum Gasteiger partial charge on any atom is 0.339 e. The van der Waals surface area contributed by atoms with Crippen LogP contribution in [0.5, 0.6) is 0 Å². The van der Waals surface area contributed by atoms with E-state index in [4.69, 9.17) is 21.6 Å². The second-order valence-corrected chi connectivity index (χ2v) is 9.77. The summed E-state index contributed by atoms with van der Waals surface area (Å²) < 4.78 is 5.30. The second kappa shape index (κ2) is 11.6. The summed E-state index contributed by atoms with van der Waals surface area (Å²) in [5.41, 5.74) is 12.8. The number of carbonyl (C=O) groups is 3. The summed E-state index contributed by atoms with van der Waals surface area (Å²) in [6.07, 6.45) is 1.57. The number of nitrogens with zero attached hydrogens (tertiary/aromatic N) is 1. The van der Waals surface area contributed by atoms with Crippen molar-refractivity contribution in [3.8, 4) is 0 Å². The molecule has 0 saturated heterocycles. The molecule has 0 aliphatic rings. The van der Waals surface area contributed by atoms with Crippen LogP contribution in [0.2, 0.25) is 0 Å². The Kier molecular flexibility index (Phi) is 7.77. The molecular weight excluding hydrogens is 530 g/mol. The van der Waals surface area contributed by atoms with Gasteiger partial charge in [-0.25, -0.2) is 4.79 Å². The zero-order chi connectivity index (χ0) is 29.9. The standard InChI is InChI=1S/C33H29N5O4/c1-2-42-32(41)33(36,29(39)27-10-3-6-21-8-5-17-37-28(21)27)24-15-16-25-23(18-24)7-4-9-26(25)31(40)38-19-20-11-13-22(14-12-20)30(34)35/h3-18H,2,19,36H2,1H3,(H3,34,35)(H,38,40). The number of amidine groups is 1. The Bertz CT molecular complexity index is 1850. The maximum absolute atomic E-state index is 14.0. The van der Waals surface area contributed by atoms with E-state index in [2.05, 4.69) is 10.3 Å². The van der Waals surface area contributed by atoms with E-state index >= 15 is 0 Å². The summed E-state index contributed by atoms with van der Waals surface area (Å²) in [6, 6.07) is 25.9. The number of benzene rings is 4. The zero-order valence-corrected chi connectivity index (χ0v) is 22.9. The van der Waals surface area contributed by atoms with Crippen molar-refractivity contribution < 1.29 is 19.1 Å². The van der Waals surface area contributed by atoms with Crippen LogP contribution < -0.4 is 16.8 Å². The molecule has 6 N–H and O–H groups in total. The molecule has 210 valence electrons. The summed E-state index contributed by atoms with van der Waals surface area (Å²) >= 11 is 0. The van der Waals surface area contributed by atoms with Gasteiger partial charge < -0.3 is 21.5 Å². The lowest BCUT2D eigenvalue weighted by atomic mass is 9.81. The molecule has 4 aromatic carbocycles. The molecule has 0 radical (unpaired) electrons. The van der Waals surface area contributed by atoms with Gasteiger partial charge in [0.05, 0.1) is 12.1 Å². The molecule has 0 spiro atoms. The molecule has 1 heterocycles. The Morgan fingerprint density at radius 3 is 2.31 bits per heavy atom. The molecule has 0 aliphatic carbocycles. The number of esters is 1. The fourth-order valence-corrected chi connectivity index (χ4v) is 4.89.